The molecule has 5 rings (SSSR count). The summed E-state index contributed by atoms with van der Waals surface area (Å²) in [5.74, 6) is 0.0530. The highest BCUT2D eigenvalue weighted by Crippen LogP contribution is 2.18. The molecular formula is C25H27N7O2. The van der Waals surface area contributed by atoms with Crippen molar-refractivity contribution in [1.82, 2.24) is 34.8 Å². The van der Waals surface area contributed by atoms with E-state index in [2.05, 4.69) is 32.1 Å². The molecule has 0 spiro atoms. The fourth-order valence-corrected chi connectivity index (χ4v) is 4.23. The second kappa shape index (κ2) is 9.56. The summed E-state index contributed by atoms with van der Waals surface area (Å²) in [5, 5.41) is 9.18. The van der Waals surface area contributed by atoms with Gasteiger partial charge in [0.2, 0.25) is 0 Å². The van der Waals surface area contributed by atoms with Crippen molar-refractivity contribution >= 4 is 16.9 Å². The van der Waals surface area contributed by atoms with Gasteiger partial charge in [-0.15, -0.1) is 5.10 Å². The van der Waals surface area contributed by atoms with Gasteiger partial charge >= 0.3 is 0 Å². The number of aromatic nitrogens is 5. The number of rotatable bonds is 6. The molecule has 0 radical (unpaired) electrons. The van der Waals surface area contributed by atoms with Crippen molar-refractivity contribution in [3.8, 4) is 16.9 Å². The molecule has 4 aromatic rings. The van der Waals surface area contributed by atoms with Crippen LogP contribution in [0.15, 0.2) is 59.7 Å². The van der Waals surface area contributed by atoms with E-state index in [4.69, 9.17) is 0 Å². The van der Waals surface area contributed by atoms with Crippen LogP contribution in [0.25, 0.3) is 28.0 Å². The van der Waals surface area contributed by atoms with Crippen molar-refractivity contribution in [1.29, 1.82) is 0 Å². The predicted molar refractivity (Wildman–Crippen MR) is 130 cm³/mol. The van der Waals surface area contributed by atoms with E-state index in [9.17, 15) is 9.59 Å². The molecule has 1 amide bonds. The van der Waals surface area contributed by atoms with Crippen LogP contribution >= 0.6 is 0 Å². The lowest BCUT2D eigenvalue weighted by atomic mass is 10.1. The van der Waals surface area contributed by atoms with E-state index in [1.54, 1.807) is 23.1 Å². The number of unbranched alkanes of at least 4 members (excludes halogenated alkanes) is 1. The van der Waals surface area contributed by atoms with E-state index in [1.807, 2.05) is 41.3 Å². The Morgan fingerprint density at radius 3 is 2.65 bits per heavy atom. The van der Waals surface area contributed by atoms with Crippen LogP contribution in [-0.2, 0) is 0 Å². The molecule has 0 bridgehead atoms. The minimum atomic E-state index is -0.269. The number of benzene rings is 1. The molecule has 4 heterocycles. The number of nitrogens with zero attached hydrogens (tertiary/aromatic N) is 6. The monoisotopic (exact) mass is 457 g/mol. The highest BCUT2D eigenvalue weighted by atomic mass is 16.2. The Hall–Kier alpha value is -3.85. The molecule has 1 aliphatic heterocycles. The lowest BCUT2D eigenvalue weighted by Crippen LogP contribution is -2.48. The Labute approximate surface area is 197 Å². The van der Waals surface area contributed by atoms with E-state index in [0.29, 0.717) is 22.5 Å². The fraction of sp³-hybridized carbons (Fsp3) is 0.320. The number of aromatic amines is 1. The van der Waals surface area contributed by atoms with Crippen molar-refractivity contribution in [3.63, 3.8) is 0 Å². The lowest BCUT2D eigenvalue weighted by Gasteiger charge is -2.34. The summed E-state index contributed by atoms with van der Waals surface area (Å²) in [6.45, 7) is 6.67. The van der Waals surface area contributed by atoms with Gasteiger partial charge in [-0.25, -0.2) is 9.67 Å². The Kier molecular flexibility index (Phi) is 6.18. The van der Waals surface area contributed by atoms with Gasteiger partial charge in [0, 0.05) is 43.3 Å². The zero-order valence-electron chi connectivity index (χ0n) is 19.1. The molecule has 0 saturated carbocycles. The van der Waals surface area contributed by atoms with Crippen molar-refractivity contribution in [2.75, 3.05) is 32.7 Å². The number of pyridine rings is 2. The molecule has 1 aliphatic rings. The quantitative estimate of drug-likeness (QED) is 0.478. The molecule has 0 unspecified atom stereocenters. The normalized spacial score (nSPS) is 14.6. The summed E-state index contributed by atoms with van der Waals surface area (Å²) >= 11 is 0. The Morgan fingerprint density at radius 2 is 1.88 bits per heavy atom. The van der Waals surface area contributed by atoms with Crippen LogP contribution in [0.1, 0.15) is 30.1 Å². The van der Waals surface area contributed by atoms with E-state index >= 15 is 0 Å². The van der Waals surface area contributed by atoms with Gasteiger partial charge in [0.25, 0.3) is 11.5 Å². The Balaban J connectivity index is 1.29. The molecule has 0 atom stereocenters. The molecule has 0 aliphatic carbocycles. The highest BCUT2D eigenvalue weighted by Gasteiger charge is 2.22. The lowest BCUT2D eigenvalue weighted by molar-refractivity contribution is 0.0635. The standard InChI is InChI=1S/C25H27N7O2/c1-2-3-11-30-12-14-31(15-13-30)25(34)18-6-8-20(9-7-18)32-17-22(28-29-32)21-16-19-5-4-10-26-23(19)27-24(21)33/h4-10,16-17H,2-3,11-15H2,1H3,(H,26,27,33). The van der Waals surface area contributed by atoms with Gasteiger partial charge in [-0.05, 0) is 55.4 Å². The van der Waals surface area contributed by atoms with E-state index in [-0.39, 0.29) is 11.5 Å². The number of fused-ring (bicyclic) bond motifs is 1. The second-order valence-corrected chi connectivity index (χ2v) is 8.54. The number of hydrogen-bond acceptors (Lipinski definition) is 6. The van der Waals surface area contributed by atoms with Crippen LogP contribution in [0, 0.1) is 0 Å². The van der Waals surface area contributed by atoms with Crippen LogP contribution < -0.4 is 5.56 Å². The number of carbonyl (C=O) groups excluding carboxylic acids is 1. The van der Waals surface area contributed by atoms with Crippen LogP contribution in [-0.4, -0.2) is 73.4 Å². The minimum absolute atomic E-state index is 0.0530. The predicted octanol–water partition coefficient (Wildman–Crippen LogP) is 2.73. The molecule has 9 heteroatoms. The van der Waals surface area contributed by atoms with E-state index in [0.717, 1.165) is 43.8 Å². The Morgan fingerprint density at radius 1 is 1.09 bits per heavy atom. The molecule has 34 heavy (non-hydrogen) atoms. The van der Waals surface area contributed by atoms with E-state index < -0.39 is 0 Å². The number of hydrogen-bond donors (Lipinski definition) is 1. The van der Waals surface area contributed by atoms with Crippen molar-refractivity contribution in [2.24, 2.45) is 0 Å². The summed E-state index contributed by atoms with van der Waals surface area (Å²) in [4.78, 5) is 36.7. The third-order valence-electron chi connectivity index (χ3n) is 6.25. The van der Waals surface area contributed by atoms with Gasteiger partial charge < -0.3 is 9.88 Å². The Bertz CT molecular complexity index is 1350. The third kappa shape index (κ3) is 4.47. The van der Waals surface area contributed by atoms with Crippen LogP contribution in [0.2, 0.25) is 0 Å². The molecule has 3 aromatic heterocycles. The zero-order valence-corrected chi connectivity index (χ0v) is 19.1. The first-order chi connectivity index (χ1) is 16.6. The van der Waals surface area contributed by atoms with Gasteiger partial charge in [-0.2, -0.15) is 0 Å². The van der Waals surface area contributed by atoms with Crippen molar-refractivity contribution in [3.05, 3.63) is 70.8 Å². The first-order valence-electron chi connectivity index (χ1n) is 11.7. The molecule has 1 N–H and O–H groups in total. The molecule has 9 nitrogen and oxygen atoms in total. The largest absolute Gasteiger partial charge is 0.336 e. The third-order valence-corrected chi connectivity index (χ3v) is 6.25. The molecular weight excluding hydrogens is 430 g/mol. The maximum absolute atomic E-state index is 12.9. The van der Waals surface area contributed by atoms with Gasteiger partial charge in [-0.1, -0.05) is 18.6 Å². The van der Waals surface area contributed by atoms with Crippen molar-refractivity contribution < 1.29 is 4.79 Å². The maximum Gasteiger partial charge on any atom is 0.259 e. The topological polar surface area (TPSA) is 100 Å². The number of piperazine rings is 1. The molecule has 174 valence electrons. The number of amides is 1. The first kappa shape index (κ1) is 22.0. The number of carbonyl (C=O) groups is 1. The van der Waals surface area contributed by atoms with Crippen LogP contribution in [0.3, 0.4) is 0 Å². The summed E-state index contributed by atoms with van der Waals surface area (Å²) in [7, 11) is 0. The highest BCUT2D eigenvalue weighted by molar-refractivity contribution is 5.94. The first-order valence-corrected chi connectivity index (χ1v) is 11.7. The summed E-state index contributed by atoms with van der Waals surface area (Å²) in [5.41, 5.74) is 2.58. The summed E-state index contributed by atoms with van der Waals surface area (Å²) < 4.78 is 1.60. The van der Waals surface area contributed by atoms with E-state index in [1.165, 1.54) is 12.8 Å². The maximum atomic E-state index is 12.9. The molecule has 1 fully saturated rings. The number of H-pyrrole nitrogens is 1. The van der Waals surface area contributed by atoms with Gasteiger partial charge in [0.05, 0.1) is 17.4 Å². The van der Waals surface area contributed by atoms with Gasteiger partial charge in [0.15, 0.2) is 0 Å². The minimum Gasteiger partial charge on any atom is -0.336 e. The SMILES string of the molecule is CCCCN1CCN(C(=O)c2ccc(-n3cc(-c4cc5cccnc5[nH]c4=O)nn3)cc2)CC1. The zero-order chi connectivity index (χ0) is 23.5. The van der Waals surface area contributed by atoms with Gasteiger partial charge in [0.1, 0.15) is 11.3 Å². The van der Waals surface area contributed by atoms with Crippen LogP contribution in [0.4, 0.5) is 0 Å². The van der Waals surface area contributed by atoms with Crippen molar-refractivity contribution in [2.45, 2.75) is 19.8 Å². The summed E-state index contributed by atoms with van der Waals surface area (Å²) in [6, 6.07) is 12.8. The fourth-order valence-electron chi connectivity index (χ4n) is 4.23. The van der Waals surface area contributed by atoms with Crippen LogP contribution in [0.5, 0.6) is 0 Å². The average Bonchev–Trinajstić information content (AvgIpc) is 3.37. The second-order valence-electron chi connectivity index (χ2n) is 8.54. The summed E-state index contributed by atoms with van der Waals surface area (Å²) in [6.07, 6.45) is 5.73. The number of nitrogens with one attached hydrogen (secondary N) is 1. The van der Waals surface area contributed by atoms with Gasteiger partial charge in [-0.3, -0.25) is 14.5 Å². The average molecular weight is 458 g/mol. The molecule has 1 aromatic carbocycles. The smallest absolute Gasteiger partial charge is 0.259 e. The molecule has 1 saturated heterocycles.